The molecule has 0 bridgehead atoms. The number of anilines is 1. The van der Waals surface area contributed by atoms with Crippen LogP contribution in [0.1, 0.15) is 31.7 Å². The van der Waals surface area contributed by atoms with Crippen LogP contribution < -0.4 is 5.32 Å². The van der Waals surface area contributed by atoms with Gasteiger partial charge in [0.05, 0.1) is 5.69 Å². The zero-order chi connectivity index (χ0) is 12.8. The van der Waals surface area contributed by atoms with Gasteiger partial charge in [-0.1, -0.05) is 25.8 Å². The number of nitrogens with one attached hydrogen (secondary N) is 1. The summed E-state index contributed by atoms with van der Waals surface area (Å²) >= 11 is 0. The Kier molecular flexibility index (Phi) is 4.28. The van der Waals surface area contributed by atoms with Crippen LogP contribution in [-0.4, -0.2) is 26.8 Å². The lowest BCUT2D eigenvalue weighted by Gasteiger charge is -2.11. The van der Waals surface area contributed by atoms with Crippen LogP contribution in [0.5, 0.6) is 0 Å². The molecule has 0 aliphatic carbocycles. The number of aryl methyl sites for hydroxylation is 1. The summed E-state index contributed by atoms with van der Waals surface area (Å²) in [5.74, 6) is 0. The molecule has 1 aromatic carbocycles. The summed E-state index contributed by atoms with van der Waals surface area (Å²) < 4.78 is 1.66. The highest BCUT2D eigenvalue weighted by Crippen LogP contribution is 2.18. The molecule has 1 N–H and O–H groups in total. The predicted octanol–water partition coefficient (Wildman–Crippen LogP) is 2.57. The molecule has 1 heterocycles. The summed E-state index contributed by atoms with van der Waals surface area (Å²) in [7, 11) is 0. The Morgan fingerprint density at radius 2 is 2.17 bits per heavy atom. The van der Waals surface area contributed by atoms with Gasteiger partial charge in [0, 0.05) is 12.2 Å². The lowest BCUT2D eigenvalue weighted by atomic mass is 10.1. The van der Waals surface area contributed by atoms with Crippen LogP contribution in [0.25, 0.3) is 5.69 Å². The monoisotopic (exact) mass is 245 g/mol. The molecular weight excluding hydrogens is 226 g/mol. The van der Waals surface area contributed by atoms with E-state index in [9.17, 15) is 0 Å². The lowest BCUT2D eigenvalue weighted by Crippen LogP contribution is -2.04. The van der Waals surface area contributed by atoms with Crippen molar-refractivity contribution < 1.29 is 0 Å². The minimum absolute atomic E-state index is 0.976. The third kappa shape index (κ3) is 3.06. The van der Waals surface area contributed by atoms with E-state index in [1.165, 1.54) is 24.8 Å². The highest BCUT2D eigenvalue weighted by molar-refractivity contribution is 5.56. The minimum atomic E-state index is 0.976. The van der Waals surface area contributed by atoms with Crippen molar-refractivity contribution in [3.8, 4) is 5.69 Å². The van der Waals surface area contributed by atoms with E-state index in [4.69, 9.17) is 0 Å². The smallest absolute Gasteiger partial charge is 0.143 e. The highest BCUT2D eigenvalue weighted by atomic mass is 15.5. The van der Waals surface area contributed by atoms with Gasteiger partial charge in [-0.2, -0.15) is 0 Å². The van der Waals surface area contributed by atoms with Crippen molar-refractivity contribution in [2.45, 2.75) is 33.1 Å². The van der Waals surface area contributed by atoms with Gasteiger partial charge in [0.2, 0.25) is 0 Å². The molecule has 0 atom stereocenters. The van der Waals surface area contributed by atoms with Crippen molar-refractivity contribution in [1.29, 1.82) is 0 Å². The second-order valence-electron chi connectivity index (χ2n) is 4.39. The van der Waals surface area contributed by atoms with Crippen molar-refractivity contribution in [3.05, 3.63) is 30.1 Å². The quantitative estimate of drug-likeness (QED) is 0.795. The first-order chi connectivity index (χ1) is 8.81. The molecule has 0 aliphatic rings. The van der Waals surface area contributed by atoms with E-state index in [0.29, 0.717) is 0 Å². The molecule has 5 nitrogen and oxygen atoms in total. The zero-order valence-electron chi connectivity index (χ0n) is 10.9. The first-order valence-corrected chi connectivity index (χ1v) is 6.39. The van der Waals surface area contributed by atoms with E-state index in [1.807, 2.05) is 6.07 Å². The van der Waals surface area contributed by atoms with E-state index in [1.54, 1.807) is 11.0 Å². The van der Waals surface area contributed by atoms with Gasteiger partial charge in [0.1, 0.15) is 6.33 Å². The number of benzene rings is 1. The molecule has 1 aromatic heterocycles. The molecule has 0 fully saturated rings. The normalized spacial score (nSPS) is 10.6. The molecule has 0 unspecified atom stereocenters. The Morgan fingerprint density at radius 3 is 2.89 bits per heavy atom. The van der Waals surface area contributed by atoms with Gasteiger partial charge in [-0.05, 0) is 41.5 Å². The standard InChI is InChI=1S/C13H19N5/c1-3-4-5-8-14-13-9-12(7-6-11(13)2)18-10-15-16-17-18/h6-7,9-10,14H,3-5,8H2,1-2H3. The molecule has 96 valence electrons. The molecule has 0 spiro atoms. The molecule has 2 rings (SSSR count). The number of tetrazole rings is 1. The average Bonchev–Trinajstić information content (AvgIpc) is 2.90. The molecule has 0 aliphatic heterocycles. The Hall–Kier alpha value is -1.91. The molecule has 0 amide bonds. The van der Waals surface area contributed by atoms with Gasteiger partial charge in [-0.25, -0.2) is 4.68 Å². The van der Waals surface area contributed by atoms with Crippen molar-refractivity contribution in [1.82, 2.24) is 20.2 Å². The highest BCUT2D eigenvalue weighted by Gasteiger charge is 2.02. The largest absolute Gasteiger partial charge is 0.385 e. The maximum absolute atomic E-state index is 3.89. The van der Waals surface area contributed by atoms with Crippen LogP contribution in [0.15, 0.2) is 24.5 Å². The zero-order valence-corrected chi connectivity index (χ0v) is 10.9. The van der Waals surface area contributed by atoms with Crippen LogP contribution in [0.3, 0.4) is 0 Å². The maximum atomic E-state index is 3.89. The van der Waals surface area contributed by atoms with Gasteiger partial charge >= 0.3 is 0 Å². The predicted molar refractivity (Wildman–Crippen MR) is 71.9 cm³/mol. The van der Waals surface area contributed by atoms with Crippen LogP contribution in [0.4, 0.5) is 5.69 Å². The third-order valence-corrected chi connectivity index (χ3v) is 2.93. The van der Waals surface area contributed by atoms with E-state index in [-0.39, 0.29) is 0 Å². The van der Waals surface area contributed by atoms with Gasteiger partial charge in [0.15, 0.2) is 0 Å². The number of hydrogen-bond donors (Lipinski definition) is 1. The van der Waals surface area contributed by atoms with Gasteiger partial charge < -0.3 is 5.32 Å². The van der Waals surface area contributed by atoms with Crippen molar-refractivity contribution in [2.75, 3.05) is 11.9 Å². The summed E-state index contributed by atoms with van der Waals surface area (Å²) in [6, 6.07) is 6.18. The lowest BCUT2D eigenvalue weighted by molar-refractivity contribution is 0.743. The summed E-state index contributed by atoms with van der Waals surface area (Å²) in [6.45, 7) is 5.32. The van der Waals surface area contributed by atoms with E-state index in [0.717, 1.165) is 17.9 Å². The fraction of sp³-hybridized carbons (Fsp3) is 0.462. The topological polar surface area (TPSA) is 55.6 Å². The Labute approximate surface area is 107 Å². The molecule has 0 saturated heterocycles. The van der Waals surface area contributed by atoms with Crippen LogP contribution in [0.2, 0.25) is 0 Å². The number of rotatable bonds is 6. The molecule has 0 radical (unpaired) electrons. The second-order valence-corrected chi connectivity index (χ2v) is 4.39. The van der Waals surface area contributed by atoms with Crippen molar-refractivity contribution >= 4 is 5.69 Å². The van der Waals surface area contributed by atoms with Crippen molar-refractivity contribution in [2.24, 2.45) is 0 Å². The first kappa shape index (κ1) is 12.5. The average molecular weight is 245 g/mol. The molecule has 18 heavy (non-hydrogen) atoms. The Morgan fingerprint density at radius 1 is 1.28 bits per heavy atom. The maximum Gasteiger partial charge on any atom is 0.143 e. The van der Waals surface area contributed by atoms with E-state index < -0.39 is 0 Å². The Bertz CT molecular complexity index is 478. The van der Waals surface area contributed by atoms with Gasteiger partial charge in [-0.3, -0.25) is 0 Å². The molecule has 0 saturated carbocycles. The second kappa shape index (κ2) is 6.14. The molecule has 2 aromatic rings. The van der Waals surface area contributed by atoms with E-state index in [2.05, 4.69) is 46.8 Å². The van der Waals surface area contributed by atoms with Crippen molar-refractivity contribution in [3.63, 3.8) is 0 Å². The van der Waals surface area contributed by atoms with Crippen LogP contribution >= 0.6 is 0 Å². The minimum Gasteiger partial charge on any atom is -0.385 e. The summed E-state index contributed by atoms with van der Waals surface area (Å²) in [6.07, 6.45) is 5.31. The molecular formula is C13H19N5. The Balaban J connectivity index is 2.07. The first-order valence-electron chi connectivity index (χ1n) is 6.39. The fourth-order valence-corrected chi connectivity index (χ4v) is 1.82. The third-order valence-electron chi connectivity index (χ3n) is 2.93. The van der Waals surface area contributed by atoms with Crippen LogP contribution in [-0.2, 0) is 0 Å². The number of nitrogens with zero attached hydrogens (tertiary/aromatic N) is 4. The SMILES string of the molecule is CCCCCNc1cc(-n2cnnn2)ccc1C. The number of aromatic nitrogens is 4. The molecule has 5 heteroatoms. The summed E-state index contributed by atoms with van der Waals surface area (Å²) in [4.78, 5) is 0. The van der Waals surface area contributed by atoms with E-state index >= 15 is 0 Å². The summed E-state index contributed by atoms with van der Waals surface area (Å²) in [5, 5.41) is 14.7. The number of hydrogen-bond acceptors (Lipinski definition) is 4. The van der Waals surface area contributed by atoms with Crippen LogP contribution in [0, 0.1) is 6.92 Å². The summed E-state index contributed by atoms with van der Waals surface area (Å²) in [5.41, 5.74) is 3.37. The van der Waals surface area contributed by atoms with Gasteiger partial charge in [-0.15, -0.1) is 5.10 Å². The van der Waals surface area contributed by atoms with Gasteiger partial charge in [0.25, 0.3) is 0 Å². The number of unbranched alkanes of at least 4 members (excludes halogenated alkanes) is 2. The fourth-order valence-electron chi connectivity index (χ4n) is 1.82.